The summed E-state index contributed by atoms with van der Waals surface area (Å²) >= 11 is -2.09. The van der Waals surface area contributed by atoms with E-state index >= 15 is 0 Å². The summed E-state index contributed by atoms with van der Waals surface area (Å²) in [4.78, 5) is 0. The van der Waals surface area contributed by atoms with E-state index in [2.05, 4.69) is 0 Å². The van der Waals surface area contributed by atoms with Crippen molar-refractivity contribution in [1.82, 2.24) is 0 Å². The number of rotatable bonds is 2. The number of phenols is 1. The van der Waals surface area contributed by atoms with Crippen LogP contribution in [0.2, 0.25) is 0 Å². The zero-order valence-corrected chi connectivity index (χ0v) is 6.84. The maximum absolute atomic E-state index is 12.8. The molecule has 0 aliphatic carbocycles. The van der Waals surface area contributed by atoms with Crippen LogP contribution >= 0.6 is 0 Å². The number of hydrogen-bond donors (Lipinski definition) is 2. The molecule has 12 heavy (non-hydrogen) atoms. The lowest BCUT2D eigenvalue weighted by Gasteiger charge is -1.99. The van der Waals surface area contributed by atoms with Crippen molar-refractivity contribution in [3.05, 3.63) is 29.6 Å². The highest BCUT2D eigenvalue weighted by atomic mass is 32.2. The summed E-state index contributed by atoms with van der Waals surface area (Å²) in [6.07, 6.45) is 0. The van der Waals surface area contributed by atoms with E-state index in [1.807, 2.05) is 0 Å². The van der Waals surface area contributed by atoms with E-state index in [0.717, 1.165) is 12.1 Å². The molecular weight excluding hydrogens is 183 g/mol. The summed E-state index contributed by atoms with van der Waals surface area (Å²) in [6, 6.07) is 3.36. The Bertz CT molecular complexity index is 314. The zero-order chi connectivity index (χ0) is 9.14. The summed E-state index contributed by atoms with van der Waals surface area (Å²) in [5.41, 5.74) is 0.0378. The second-order valence-electron chi connectivity index (χ2n) is 2.24. The highest BCUT2D eigenvalue weighted by Gasteiger charge is 2.05. The highest BCUT2D eigenvalue weighted by molar-refractivity contribution is 7.78. The lowest BCUT2D eigenvalue weighted by molar-refractivity contribution is 0.472. The first-order valence-corrected chi connectivity index (χ1v) is 4.42. The Balaban J connectivity index is 2.97. The molecule has 1 rings (SSSR count). The second-order valence-corrected chi connectivity index (χ2v) is 3.17. The number of hydrogen-bond acceptors (Lipinski definition) is 2. The summed E-state index contributed by atoms with van der Waals surface area (Å²) in [5, 5.41) is 8.90. The summed E-state index contributed by atoms with van der Waals surface area (Å²) in [6.45, 7) is 0. The zero-order valence-electron chi connectivity index (χ0n) is 6.03. The molecule has 0 fully saturated rings. The van der Waals surface area contributed by atoms with Gasteiger partial charge in [0.05, 0.1) is 5.75 Å². The van der Waals surface area contributed by atoms with Gasteiger partial charge in [-0.1, -0.05) is 0 Å². The summed E-state index contributed by atoms with van der Waals surface area (Å²) < 4.78 is 31.5. The lowest BCUT2D eigenvalue weighted by atomic mass is 10.2. The molecule has 3 nitrogen and oxygen atoms in total. The SMILES string of the molecule is O=S(O)Cc1cc(O)ccc1F. The van der Waals surface area contributed by atoms with Crippen molar-refractivity contribution in [1.29, 1.82) is 0 Å². The van der Waals surface area contributed by atoms with Gasteiger partial charge in [-0.05, 0) is 18.2 Å². The molecule has 2 N–H and O–H groups in total. The molecule has 0 heterocycles. The quantitative estimate of drug-likeness (QED) is 0.690. The van der Waals surface area contributed by atoms with Crippen LogP contribution in [-0.4, -0.2) is 13.9 Å². The normalized spacial score (nSPS) is 12.8. The Morgan fingerprint density at radius 2 is 2.17 bits per heavy atom. The van der Waals surface area contributed by atoms with Gasteiger partial charge in [0.2, 0.25) is 0 Å². The fourth-order valence-corrected chi connectivity index (χ4v) is 1.29. The van der Waals surface area contributed by atoms with Crippen LogP contribution in [0.1, 0.15) is 5.56 Å². The van der Waals surface area contributed by atoms with Crippen molar-refractivity contribution in [2.45, 2.75) is 5.75 Å². The third-order valence-electron chi connectivity index (χ3n) is 1.31. The van der Waals surface area contributed by atoms with Gasteiger partial charge in [0, 0.05) is 5.56 Å². The topological polar surface area (TPSA) is 57.5 Å². The van der Waals surface area contributed by atoms with E-state index < -0.39 is 16.9 Å². The Kier molecular flexibility index (Phi) is 2.78. The molecule has 0 amide bonds. The van der Waals surface area contributed by atoms with Crippen LogP contribution < -0.4 is 0 Å². The van der Waals surface area contributed by atoms with Crippen LogP contribution in [0.25, 0.3) is 0 Å². The van der Waals surface area contributed by atoms with Crippen LogP contribution in [0.15, 0.2) is 18.2 Å². The molecule has 66 valence electrons. The first kappa shape index (κ1) is 9.15. The van der Waals surface area contributed by atoms with E-state index in [1.54, 1.807) is 0 Å². The number of phenolic OH excluding ortho intramolecular Hbond substituents is 1. The molecule has 0 aliphatic rings. The molecule has 0 spiro atoms. The van der Waals surface area contributed by atoms with Crippen molar-refractivity contribution < 1.29 is 18.3 Å². The molecule has 1 aromatic carbocycles. The first-order chi connectivity index (χ1) is 5.59. The average molecular weight is 190 g/mol. The molecule has 5 heteroatoms. The van der Waals surface area contributed by atoms with E-state index in [1.165, 1.54) is 6.07 Å². The van der Waals surface area contributed by atoms with Crippen LogP contribution in [0.5, 0.6) is 5.75 Å². The Labute approximate surface area is 71.1 Å². The van der Waals surface area contributed by atoms with Gasteiger partial charge in [-0.15, -0.1) is 0 Å². The third kappa shape index (κ3) is 2.28. The smallest absolute Gasteiger partial charge is 0.157 e. The maximum atomic E-state index is 12.8. The fraction of sp³-hybridized carbons (Fsp3) is 0.143. The molecule has 1 atom stereocenters. The Morgan fingerprint density at radius 1 is 1.50 bits per heavy atom. The fourth-order valence-electron chi connectivity index (χ4n) is 0.805. The van der Waals surface area contributed by atoms with Crippen molar-refractivity contribution >= 4 is 11.1 Å². The van der Waals surface area contributed by atoms with Crippen LogP contribution in [0.4, 0.5) is 4.39 Å². The predicted octanol–water partition coefficient (Wildman–Crippen LogP) is 1.25. The molecule has 0 bridgehead atoms. The van der Waals surface area contributed by atoms with Gasteiger partial charge in [0.1, 0.15) is 11.6 Å². The Hall–Kier alpha value is -0.940. The predicted molar refractivity (Wildman–Crippen MR) is 42.5 cm³/mol. The highest BCUT2D eigenvalue weighted by Crippen LogP contribution is 2.16. The number of aromatic hydroxyl groups is 1. The summed E-state index contributed by atoms with van der Waals surface area (Å²) in [5.74, 6) is -1.01. The van der Waals surface area contributed by atoms with Crippen molar-refractivity contribution in [2.75, 3.05) is 0 Å². The molecule has 0 aliphatic heterocycles. The van der Waals surface area contributed by atoms with Gasteiger partial charge in [-0.25, -0.2) is 8.60 Å². The van der Waals surface area contributed by atoms with Gasteiger partial charge in [-0.2, -0.15) is 0 Å². The van der Waals surface area contributed by atoms with Gasteiger partial charge < -0.3 is 9.66 Å². The molecular formula is C7H7FO3S. The molecule has 0 aromatic heterocycles. The van der Waals surface area contributed by atoms with Gasteiger partial charge in [0.25, 0.3) is 0 Å². The molecule has 1 aromatic rings. The van der Waals surface area contributed by atoms with Crippen molar-refractivity contribution in [3.8, 4) is 5.75 Å². The maximum Gasteiger partial charge on any atom is 0.157 e. The monoisotopic (exact) mass is 190 g/mol. The second kappa shape index (κ2) is 3.64. The third-order valence-corrected chi connectivity index (χ3v) is 1.87. The average Bonchev–Trinajstić information content (AvgIpc) is 1.96. The standard InChI is InChI=1S/C7H7FO3S/c8-7-2-1-6(9)3-5(7)4-12(10)11/h1-3,9H,4H2,(H,10,11). The molecule has 0 saturated carbocycles. The number of benzene rings is 1. The minimum Gasteiger partial charge on any atom is -0.508 e. The van der Waals surface area contributed by atoms with Gasteiger partial charge in [-0.3, -0.25) is 0 Å². The summed E-state index contributed by atoms with van der Waals surface area (Å²) in [7, 11) is 0. The van der Waals surface area contributed by atoms with E-state index in [4.69, 9.17) is 9.66 Å². The lowest BCUT2D eigenvalue weighted by Crippen LogP contribution is -1.95. The first-order valence-electron chi connectivity index (χ1n) is 3.14. The molecule has 1 unspecified atom stereocenters. The minimum absolute atomic E-state index is 0.0378. The van der Waals surface area contributed by atoms with E-state index in [0.29, 0.717) is 0 Å². The van der Waals surface area contributed by atoms with Crippen molar-refractivity contribution in [2.24, 2.45) is 0 Å². The minimum atomic E-state index is -2.09. The van der Waals surface area contributed by atoms with Crippen molar-refractivity contribution in [3.63, 3.8) is 0 Å². The van der Waals surface area contributed by atoms with Crippen LogP contribution in [0.3, 0.4) is 0 Å². The largest absolute Gasteiger partial charge is 0.508 e. The number of halogens is 1. The van der Waals surface area contributed by atoms with E-state index in [-0.39, 0.29) is 17.1 Å². The van der Waals surface area contributed by atoms with Gasteiger partial charge in [0.15, 0.2) is 11.1 Å². The van der Waals surface area contributed by atoms with Crippen LogP contribution in [0, 0.1) is 5.82 Å². The molecule has 0 saturated heterocycles. The molecule has 0 radical (unpaired) electrons. The van der Waals surface area contributed by atoms with Gasteiger partial charge >= 0.3 is 0 Å². The Morgan fingerprint density at radius 3 is 2.75 bits per heavy atom. The van der Waals surface area contributed by atoms with E-state index in [9.17, 15) is 8.60 Å². The van der Waals surface area contributed by atoms with Crippen LogP contribution in [-0.2, 0) is 16.8 Å².